The molecule has 0 saturated heterocycles. The zero-order chi connectivity index (χ0) is 24.3. The van der Waals surface area contributed by atoms with Crippen molar-refractivity contribution < 1.29 is 54.2 Å². The summed E-state index contributed by atoms with van der Waals surface area (Å²) in [6, 6.07) is 5.21. The van der Waals surface area contributed by atoms with Crippen LogP contribution in [0.1, 0.15) is 5.56 Å². The van der Waals surface area contributed by atoms with E-state index in [1.165, 1.54) is 12.1 Å². The first-order chi connectivity index (χ1) is 15.0. The molecular weight excluding hydrogens is 432 g/mol. The van der Waals surface area contributed by atoms with Crippen molar-refractivity contribution in [1.82, 2.24) is 9.80 Å². The molecule has 0 heterocycles. The Kier molecular flexibility index (Phi) is 10.6. The number of carbonyl (C=O) groups is 5. The van der Waals surface area contributed by atoms with Crippen molar-refractivity contribution in [1.29, 1.82) is 0 Å². The molecular formula is C19H24N2O11. The molecule has 1 aromatic carbocycles. The van der Waals surface area contributed by atoms with Crippen molar-refractivity contribution in [3.8, 4) is 5.75 Å². The van der Waals surface area contributed by atoms with Crippen molar-refractivity contribution >= 4 is 29.8 Å². The highest BCUT2D eigenvalue weighted by Gasteiger charge is 2.27. The van der Waals surface area contributed by atoms with Gasteiger partial charge in [-0.05, 0) is 24.1 Å². The normalized spacial score (nSPS) is 11.8. The Hall–Kier alpha value is -3.71. The van der Waals surface area contributed by atoms with E-state index in [9.17, 15) is 34.2 Å². The Morgan fingerprint density at radius 2 is 1.19 bits per heavy atom. The van der Waals surface area contributed by atoms with Gasteiger partial charge in [0.2, 0.25) is 0 Å². The molecule has 176 valence electrons. The second kappa shape index (κ2) is 12.9. The van der Waals surface area contributed by atoms with Crippen LogP contribution >= 0.6 is 0 Å². The fraction of sp³-hybridized carbons (Fsp3) is 0.421. The second-order valence-electron chi connectivity index (χ2n) is 6.83. The number of ether oxygens (including phenoxy) is 1. The van der Waals surface area contributed by atoms with Crippen LogP contribution in [0.4, 0.5) is 0 Å². The molecule has 0 aromatic heterocycles. The Morgan fingerprint density at radius 3 is 1.59 bits per heavy atom. The summed E-state index contributed by atoms with van der Waals surface area (Å²) in [6.07, 6.45) is 0.0650. The maximum atomic E-state index is 11.3. The summed E-state index contributed by atoms with van der Waals surface area (Å²) >= 11 is 0. The molecule has 1 unspecified atom stereocenters. The number of carboxylic acids is 5. The standard InChI is InChI=1S/C19H24N2O11/c22-15(23)7-20(8-16(24)25)6-13(21(9-17(26)27)10-18(28)29)5-12-1-3-14(4-2-12)32-11-19(30)31/h1-4,13H,5-11H2,(H,22,23)(H,24,25)(H,26,27)(H,28,29)(H,30,31). The summed E-state index contributed by atoms with van der Waals surface area (Å²) in [4.78, 5) is 57.5. The highest BCUT2D eigenvalue weighted by atomic mass is 16.5. The Bertz CT molecular complexity index is 793. The van der Waals surface area contributed by atoms with E-state index in [0.717, 1.165) is 9.80 Å². The summed E-state index contributed by atoms with van der Waals surface area (Å²) in [5.41, 5.74) is 0.587. The second-order valence-corrected chi connectivity index (χ2v) is 6.83. The molecule has 0 radical (unpaired) electrons. The van der Waals surface area contributed by atoms with E-state index >= 15 is 0 Å². The molecule has 0 saturated carbocycles. The number of rotatable bonds is 16. The lowest BCUT2D eigenvalue weighted by Gasteiger charge is -2.33. The first-order valence-corrected chi connectivity index (χ1v) is 9.23. The van der Waals surface area contributed by atoms with Crippen LogP contribution in [0.15, 0.2) is 24.3 Å². The fourth-order valence-electron chi connectivity index (χ4n) is 2.98. The van der Waals surface area contributed by atoms with Gasteiger partial charge in [0, 0.05) is 12.6 Å². The third-order valence-electron chi connectivity index (χ3n) is 4.14. The summed E-state index contributed by atoms with van der Waals surface area (Å²) in [7, 11) is 0. The topological polar surface area (TPSA) is 202 Å². The molecule has 0 bridgehead atoms. The largest absolute Gasteiger partial charge is 0.482 e. The SMILES string of the molecule is O=C(O)COc1ccc(CC(CN(CC(=O)O)CC(=O)O)N(CC(=O)O)CC(=O)O)cc1. The fourth-order valence-corrected chi connectivity index (χ4v) is 2.98. The predicted octanol–water partition coefficient (Wildman–Crippen LogP) is -0.996. The van der Waals surface area contributed by atoms with Crippen molar-refractivity contribution in [3.05, 3.63) is 29.8 Å². The Balaban J connectivity index is 3.14. The smallest absolute Gasteiger partial charge is 0.341 e. The molecule has 32 heavy (non-hydrogen) atoms. The summed E-state index contributed by atoms with van der Waals surface area (Å²) in [5.74, 6) is -6.11. The summed E-state index contributed by atoms with van der Waals surface area (Å²) in [6.45, 7) is -3.38. The molecule has 13 heteroatoms. The molecule has 0 amide bonds. The van der Waals surface area contributed by atoms with Crippen LogP contribution in [0.25, 0.3) is 0 Å². The average molecular weight is 456 g/mol. The van der Waals surface area contributed by atoms with Gasteiger partial charge in [-0.3, -0.25) is 29.0 Å². The van der Waals surface area contributed by atoms with Crippen LogP contribution in [-0.2, 0) is 30.4 Å². The lowest BCUT2D eigenvalue weighted by molar-refractivity contribution is -0.146. The zero-order valence-electron chi connectivity index (χ0n) is 16.9. The third-order valence-corrected chi connectivity index (χ3v) is 4.14. The monoisotopic (exact) mass is 456 g/mol. The van der Waals surface area contributed by atoms with E-state index in [1.54, 1.807) is 12.1 Å². The quantitative estimate of drug-likeness (QED) is 0.203. The number of aliphatic carboxylic acids is 5. The number of carboxylic acid groups (broad SMARTS) is 5. The van der Waals surface area contributed by atoms with Gasteiger partial charge in [0.15, 0.2) is 6.61 Å². The average Bonchev–Trinajstić information content (AvgIpc) is 2.64. The number of nitrogens with zero attached hydrogens (tertiary/aromatic N) is 2. The van der Waals surface area contributed by atoms with Gasteiger partial charge in [0.1, 0.15) is 5.75 Å². The summed E-state index contributed by atoms with van der Waals surface area (Å²) in [5, 5.41) is 45.1. The molecule has 0 aliphatic heterocycles. The first kappa shape index (κ1) is 26.3. The van der Waals surface area contributed by atoms with E-state index in [1.807, 2.05) is 0 Å². The van der Waals surface area contributed by atoms with Crippen LogP contribution in [0.5, 0.6) is 5.75 Å². The minimum absolute atomic E-state index is 0.0650. The van der Waals surface area contributed by atoms with Crippen LogP contribution < -0.4 is 4.74 Å². The van der Waals surface area contributed by atoms with Crippen LogP contribution in [0, 0.1) is 0 Å². The van der Waals surface area contributed by atoms with Gasteiger partial charge in [-0.2, -0.15) is 0 Å². The van der Waals surface area contributed by atoms with Gasteiger partial charge >= 0.3 is 29.8 Å². The molecule has 1 rings (SSSR count). The molecule has 13 nitrogen and oxygen atoms in total. The molecule has 0 aliphatic rings. The molecule has 5 N–H and O–H groups in total. The third kappa shape index (κ3) is 10.9. The van der Waals surface area contributed by atoms with Crippen LogP contribution in [-0.4, -0.2) is 111 Å². The van der Waals surface area contributed by atoms with Gasteiger partial charge in [0.05, 0.1) is 26.2 Å². The molecule has 0 aliphatic carbocycles. The first-order valence-electron chi connectivity index (χ1n) is 9.23. The van der Waals surface area contributed by atoms with E-state index < -0.39 is 68.7 Å². The minimum atomic E-state index is -1.31. The minimum Gasteiger partial charge on any atom is -0.482 e. The van der Waals surface area contributed by atoms with E-state index in [0.29, 0.717) is 5.56 Å². The Morgan fingerprint density at radius 1 is 0.719 bits per heavy atom. The number of benzene rings is 1. The molecule has 0 fully saturated rings. The van der Waals surface area contributed by atoms with E-state index in [2.05, 4.69) is 0 Å². The molecule has 0 spiro atoms. The molecule has 1 atom stereocenters. The van der Waals surface area contributed by atoms with E-state index in [4.69, 9.17) is 20.1 Å². The molecule has 1 aromatic rings. The predicted molar refractivity (Wildman–Crippen MR) is 106 cm³/mol. The Labute approximate surface area is 182 Å². The van der Waals surface area contributed by atoms with Crippen LogP contribution in [0.2, 0.25) is 0 Å². The number of hydrogen-bond acceptors (Lipinski definition) is 8. The van der Waals surface area contributed by atoms with Gasteiger partial charge in [-0.15, -0.1) is 0 Å². The highest BCUT2D eigenvalue weighted by Crippen LogP contribution is 2.16. The van der Waals surface area contributed by atoms with Gasteiger partial charge < -0.3 is 30.3 Å². The maximum absolute atomic E-state index is 11.3. The van der Waals surface area contributed by atoms with Crippen molar-refractivity contribution in [2.45, 2.75) is 12.5 Å². The zero-order valence-corrected chi connectivity index (χ0v) is 16.9. The van der Waals surface area contributed by atoms with Crippen molar-refractivity contribution in [3.63, 3.8) is 0 Å². The van der Waals surface area contributed by atoms with Crippen molar-refractivity contribution in [2.24, 2.45) is 0 Å². The lowest BCUT2D eigenvalue weighted by Crippen LogP contribution is -2.50. The van der Waals surface area contributed by atoms with Crippen molar-refractivity contribution in [2.75, 3.05) is 39.3 Å². The van der Waals surface area contributed by atoms with Gasteiger partial charge in [-0.1, -0.05) is 12.1 Å². The van der Waals surface area contributed by atoms with Gasteiger partial charge in [0.25, 0.3) is 0 Å². The maximum Gasteiger partial charge on any atom is 0.341 e. The van der Waals surface area contributed by atoms with Crippen LogP contribution in [0.3, 0.4) is 0 Å². The van der Waals surface area contributed by atoms with Gasteiger partial charge in [-0.25, -0.2) is 4.79 Å². The highest BCUT2D eigenvalue weighted by molar-refractivity contribution is 5.73. The summed E-state index contributed by atoms with van der Waals surface area (Å²) < 4.78 is 5.03. The van der Waals surface area contributed by atoms with E-state index in [-0.39, 0.29) is 18.7 Å². The number of hydrogen-bond donors (Lipinski definition) is 5. The lowest BCUT2D eigenvalue weighted by atomic mass is 10.0.